The van der Waals surface area contributed by atoms with Gasteiger partial charge < -0.3 is 5.32 Å². The lowest BCUT2D eigenvalue weighted by molar-refractivity contribution is 0.590. The Labute approximate surface area is 108 Å². The minimum absolute atomic E-state index is 0.566. The van der Waals surface area contributed by atoms with Crippen LogP contribution in [0.15, 0.2) is 0 Å². The predicted octanol–water partition coefficient (Wildman–Crippen LogP) is 3.47. The van der Waals surface area contributed by atoms with Crippen LogP contribution in [0, 0.1) is 5.92 Å². The molecular formula is C14H22N2S. The molecule has 1 aromatic heterocycles. The van der Waals surface area contributed by atoms with Gasteiger partial charge in [0.15, 0.2) is 0 Å². The van der Waals surface area contributed by atoms with Crippen LogP contribution in [0.1, 0.15) is 61.0 Å². The maximum absolute atomic E-state index is 4.91. The van der Waals surface area contributed by atoms with Crippen molar-refractivity contribution in [3.05, 3.63) is 15.6 Å². The lowest BCUT2D eigenvalue weighted by Gasteiger charge is -2.07. The summed E-state index contributed by atoms with van der Waals surface area (Å²) in [7, 11) is 0. The van der Waals surface area contributed by atoms with Gasteiger partial charge in [-0.05, 0) is 31.6 Å². The van der Waals surface area contributed by atoms with Crippen molar-refractivity contribution in [2.24, 2.45) is 5.92 Å². The number of hydrogen-bond donors (Lipinski definition) is 1. The van der Waals surface area contributed by atoms with Gasteiger partial charge in [0.05, 0.1) is 10.7 Å². The molecule has 0 spiro atoms. The van der Waals surface area contributed by atoms with Gasteiger partial charge in [-0.15, -0.1) is 11.3 Å². The highest BCUT2D eigenvalue weighted by Gasteiger charge is 2.31. The molecule has 0 aromatic carbocycles. The fraction of sp³-hybridized carbons (Fsp3) is 0.786. The number of thiazole rings is 1. The summed E-state index contributed by atoms with van der Waals surface area (Å²) in [6.07, 6.45) is 6.82. The molecule has 3 rings (SSSR count). The van der Waals surface area contributed by atoms with Gasteiger partial charge in [-0.2, -0.15) is 0 Å². The monoisotopic (exact) mass is 250 g/mol. The first-order valence-electron chi connectivity index (χ1n) is 6.94. The first kappa shape index (κ1) is 11.7. The third-order valence-corrected chi connectivity index (χ3v) is 4.66. The quantitative estimate of drug-likeness (QED) is 0.836. The molecule has 2 fully saturated rings. The lowest BCUT2D eigenvalue weighted by Crippen LogP contribution is -2.21. The smallest absolute Gasteiger partial charge is 0.0934 e. The molecule has 0 saturated heterocycles. The molecule has 2 saturated carbocycles. The Morgan fingerprint density at radius 2 is 2.06 bits per heavy atom. The van der Waals surface area contributed by atoms with Crippen molar-refractivity contribution >= 4 is 11.3 Å². The second kappa shape index (κ2) is 4.69. The van der Waals surface area contributed by atoms with Crippen molar-refractivity contribution in [1.29, 1.82) is 0 Å². The first-order valence-corrected chi connectivity index (χ1v) is 7.76. The molecule has 0 atom stereocenters. The molecule has 3 heteroatoms. The van der Waals surface area contributed by atoms with Crippen LogP contribution < -0.4 is 5.32 Å². The van der Waals surface area contributed by atoms with E-state index in [-0.39, 0.29) is 0 Å². The average Bonchev–Trinajstić information content (AvgIpc) is 3.15. The average molecular weight is 250 g/mol. The summed E-state index contributed by atoms with van der Waals surface area (Å²) in [4.78, 5) is 6.42. The van der Waals surface area contributed by atoms with Crippen LogP contribution in [-0.4, -0.2) is 11.0 Å². The highest BCUT2D eigenvalue weighted by atomic mass is 32.1. The Morgan fingerprint density at radius 3 is 2.65 bits per heavy atom. The van der Waals surface area contributed by atoms with E-state index in [0.29, 0.717) is 6.04 Å². The maximum Gasteiger partial charge on any atom is 0.0934 e. The zero-order valence-electron chi connectivity index (χ0n) is 10.8. The van der Waals surface area contributed by atoms with Gasteiger partial charge in [0.2, 0.25) is 0 Å². The van der Waals surface area contributed by atoms with Crippen LogP contribution in [0.4, 0.5) is 0 Å². The van der Waals surface area contributed by atoms with Gasteiger partial charge in [0.1, 0.15) is 0 Å². The van der Waals surface area contributed by atoms with E-state index in [9.17, 15) is 0 Å². The van der Waals surface area contributed by atoms with Crippen LogP contribution in [0.5, 0.6) is 0 Å². The van der Waals surface area contributed by atoms with Crippen LogP contribution in [0.2, 0.25) is 0 Å². The molecule has 1 N–H and O–H groups in total. The minimum atomic E-state index is 0.566. The summed E-state index contributed by atoms with van der Waals surface area (Å²) in [5.74, 6) is 1.75. The fourth-order valence-corrected chi connectivity index (χ4v) is 3.39. The largest absolute Gasteiger partial charge is 0.310 e. The molecule has 1 aromatic rings. The SMILES string of the molecule is CC(C)NCc1sc(CC2CC2)nc1C1CC1. The van der Waals surface area contributed by atoms with Gasteiger partial charge in [-0.25, -0.2) is 4.98 Å². The molecule has 2 aliphatic rings. The van der Waals surface area contributed by atoms with Crippen molar-refractivity contribution < 1.29 is 0 Å². The number of rotatable bonds is 6. The predicted molar refractivity (Wildman–Crippen MR) is 72.5 cm³/mol. The van der Waals surface area contributed by atoms with Crippen LogP contribution >= 0.6 is 11.3 Å². The van der Waals surface area contributed by atoms with Crippen LogP contribution in [-0.2, 0) is 13.0 Å². The van der Waals surface area contributed by atoms with E-state index in [4.69, 9.17) is 4.98 Å². The molecule has 17 heavy (non-hydrogen) atoms. The van der Waals surface area contributed by atoms with Crippen molar-refractivity contribution in [2.75, 3.05) is 0 Å². The standard InChI is InChI=1S/C14H22N2S/c1-9(2)15-8-12-14(11-5-6-11)16-13(17-12)7-10-3-4-10/h9-11,15H,3-8H2,1-2H3. The summed E-state index contributed by atoms with van der Waals surface area (Å²) in [6.45, 7) is 5.44. The molecule has 0 aliphatic heterocycles. The molecule has 0 unspecified atom stereocenters. The number of hydrogen-bond acceptors (Lipinski definition) is 3. The van der Waals surface area contributed by atoms with E-state index in [2.05, 4.69) is 19.2 Å². The number of nitrogens with one attached hydrogen (secondary N) is 1. The lowest BCUT2D eigenvalue weighted by atomic mass is 10.2. The molecule has 0 bridgehead atoms. The van der Waals surface area contributed by atoms with Crippen molar-refractivity contribution in [1.82, 2.24) is 10.3 Å². The van der Waals surface area contributed by atoms with Crippen LogP contribution in [0.3, 0.4) is 0 Å². The highest BCUT2D eigenvalue weighted by Crippen LogP contribution is 2.43. The van der Waals surface area contributed by atoms with Gasteiger partial charge >= 0.3 is 0 Å². The zero-order valence-corrected chi connectivity index (χ0v) is 11.6. The molecule has 1 heterocycles. The number of aromatic nitrogens is 1. The second-order valence-corrected chi connectivity index (χ2v) is 7.04. The summed E-state index contributed by atoms with van der Waals surface area (Å²) in [5.41, 5.74) is 1.43. The molecule has 2 nitrogen and oxygen atoms in total. The van der Waals surface area contributed by atoms with Crippen molar-refractivity contribution in [3.63, 3.8) is 0 Å². The Bertz CT molecular complexity index is 389. The topological polar surface area (TPSA) is 24.9 Å². The Morgan fingerprint density at radius 1 is 1.29 bits per heavy atom. The number of nitrogens with zero attached hydrogens (tertiary/aromatic N) is 1. The Balaban J connectivity index is 1.71. The molecule has 0 radical (unpaired) electrons. The summed E-state index contributed by atoms with van der Waals surface area (Å²) >= 11 is 1.96. The third kappa shape index (κ3) is 3.08. The normalized spacial score (nSPS) is 20.2. The van der Waals surface area contributed by atoms with Gasteiger partial charge in [-0.3, -0.25) is 0 Å². The van der Waals surface area contributed by atoms with E-state index in [0.717, 1.165) is 18.4 Å². The zero-order chi connectivity index (χ0) is 11.8. The summed E-state index contributed by atoms with van der Waals surface area (Å²) in [6, 6.07) is 0.566. The van der Waals surface area contributed by atoms with Crippen LogP contribution in [0.25, 0.3) is 0 Å². The molecule has 0 amide bonds. The van der Waals surface area contributed by atoms with E-state index in [1.165, 1.54) is 47.7 Å². The first-order chi connectivity index (χ1) is 8.22. The van der Waals surface area contributed by atoms with Gasteiger partial charge in [-0.1, -0.05) is 13.8 Å². The van der Waals surface area contributed by atoms with E-state index >= 15 is 0 Å². The van der Waals surface area contributed by atoms with Crippen molar-refractivity contribution in [3.8, 4) is 0 Å². The molecular weight excluding hydrogens is 228 g/mol. The highest BCUT2D eigenvalue weighted by molar-refractivity contribution is 7.11. The van der Waals surface area contributed by atoms with E-state index in [1.807, 2.05) is 11.3 Å². The third-order valence-electron chi connectivity index (χ3n) is 3.57. The van der Waals surface area contributed by atoms with E-state index in [1.54, 1.807) is 0 Å². The van der Waals surface area contributed by atoms with Gasteiger partial charge in [0, 0.05) is 29.8 Å². The molecule has 2 aliphatic carbocycles. The second-order valence-electron chi connectivity index (χ2n) is 5.87. The van der Waals surface area contributed by atoms with Crippen molar-refractivity contribution in [2.45, 2.75) is 64.5 Å². The maximum atomic E-state index is 4.91. The summed E-state index contributed by atoms with van der Waals surface area (Å²) in [5, 5.41) is 4.94. The fourth-order valence-electron chi connectivity index (χ4n) is 2.17. The summed E-state index contributed by atoms with van der Waals surface area (Å²) < 4.78 is 0. The minimum Gasteiger partial charge on any atom is -0.310 e. The van der Waals surface area contributed by atoms with Gasteiger partial charge in [0.25, 0.3) is 0 Å². The molecule has 94 valence electrons. The van der Waals surface area contributed by atoms with E-state index < -0.39 is 0 Å². The Kier molecular flexibility index (Phi) is 3.22. The Hall–Kier alpha value is -0.410.